The SMILES string of the molecule is CCC(Oc1cccc(OC)c1)C(=O)N1CCc2nc(-c3cnccn3)[nH]c(=O)c2C1. The van der Waals surface area contributed by atoms with E-state index < -0.39 is 6.10 Å². The molecule has 0 fully saturated rings. The maximum absolute atomic E-state index is 13.1. The Morgan fingerprint density at radius 3 is 2.87 bits per heavy atom. The van der Waals surface area contributed by atoms with Crippen molar-refractivity contribution in [1.29, 1.82) is 0 Å². The predicted octanol–water partition coefficient (Wildman–Crippen LogP) is 1.98. The van der Waals surface area contributed by atoms with E-state index in [1.54, 1.807) is 42.7 Å². The number of nitrogens with one attached hydrogen (secondary N) is 1. The molecular formula is C22H23N5O4. The van der Waals surface area contributed by atoms with E-state index in [0.29, 0.717) is 53.7 Å². The van der Waals surface area contributed by atoms with Crippen molar-refractivity contribution in [2.45, 2.75) is 32.4 Å². The molecule has 3 aromatic rings. The van der Waals surface area contributed by atoms with Crippen molar-refractivity contribution in [3.05, 3.63) is 64.5 Å². The van der Waals surface area contributed by atoms with Crippen LogP contribution >= 0.6 is 0 Å². The summed E-state index contributed by atoms with van der Waals surface area (Å²) < 4.78 is 11.1. The van der Waals surface area contributed by atoms with Crippen LogP contribution in [0.3, 0.4) is 0 Å². The van der Waals surface area contributed by atoms with E-state index in [0.717, 1.165) is 0 Å². The second kappa shape index (κ2) is 8.95. The van der Waals surface area contributed by atoms with Crippen LogP contribution in [0.5, 0.6) is 11.5 Å². The van der Waals surface area contributed by atoms with Gasteiger partial charge < -0.3 is 19.4 Å². The predicted molar refractivity (Wildman–Crippen MR) is 113 cm³/mol. The van der Waals surface area contributed by atoms with Gasteiger partial charge in [-0.2, -0.15) is 0 Å². The fourth-order valence-corrected chi connectivity index (χ4v) is 3.51. The summed E-state index contributed by atoms with van der Waals surface area (Å²) in [6, 6.07) is 7.14. The van der Waals surface area contributed by atoms with Crippen molar-refractivity contribution in [2.75, 3.05) is 13.7 Å². The highest BCUT2D eigenvalue weighted by molar-refractivity contribution is 5.81. The number of aromatic nitrogens is 4. The van der Waals surface area contributed by atoms with Crippen LogP contribution in [0.25, 0.3) is 11.5 Å². The van der Waals surface area contributed by atoms with Crippen molar-refractivity contribution in [2.24, 2.45) is 0 Å². The van der Waals surface area contributed by atoms with Crippen molar-refractivity contribution in [3.8, 4) is 23.0 Å². The minimum absolute atomic E-state index is 0.159. The quantitative estimate of drug-likeness (QED) is 0.648. The molecular weight excluding hydrogens is 398 g/mol. The van der Waals surface area contributed by atoms with E-state index in [4.69, 9.17) is 9.47 Å². The zero-order valence-corrected chi connectivity index (χ0v) is 17.4. The number of ether oxygens (including phenoxy) is 2. The Morgan fingerprint density at radius 1 is 1.29 bits per heavy atom. The Morgan fingerprint density at radius 2 is 2.13 bits per heavy atom. The minimum atomic E-state index is -0.653. The molecule has 0 saturated carbocycles. The molecule has 1 amide bonds. The van der Waals surface area contributed by atoms with Gasteiger partial charge >= 0.3 is 0 Å². The lowest BCUT2D eigenvalue weighted by Crippen LogP contribution is -2.45. The zero-order valence-electron chi connectivity index (χ0n) is 17.4. The van der Waals surface area contributed by atoms with Gasteiger partial charge in [0, 0.05) is 31.4 Å². The van der Waals surface area contributed by atoms with Gasteiger partial charge in [-0.15, -0.1) is 0 Å². The van der Waals surface area contributed by atoms with Gasteiger partial charge in [0.25, 0.3) is 11.5 Å². The second-order valence-corrected chi connectivity index (χ2v) is 7.13. The van der Waals surface area contributed by atoms with Crippen molar-refractivity contribution < 1.29 is 14.3 Å². The van der Waals surface area contributed by atoms with Crippen molar-refractivity contribution >= 4 is 5.91 Å². The Bertz CT molecular complexity index is 1130. The first-order chi connectivity index (χ1) is 15.1. The lowest BCUT2D eigenvalue weighted by Gasteiger charge is -2.31. The van der Waals surface area contributed by atoms with Crippen LogP contribution in [0.1, 0.15) is 24.6 Å². The molecule has 0 spiro atoms. The number of rotatable bonds is 6. The van der Waals surface area contributed by atoms with Crippen LogP contribution in [-0.4, -0.2) is 50.5 Å². The first kappa shape index (κ1) is 20.5. The number of aromatic amines is 1. The number of amides is 1. The molecule has 0 aliphatic carbocycles. The number of H-pyrrole nitrogens is 1. The molecule has 3 heterocycles. The number of nitrogens with zero attached hydrogens (tertiary/aromatic N) is 4. The topological polar surface area (TPSA) is 110 Å². The summed E-state index contributed by atoms with van der Waals surface area (Å²) in [6.45, 7) is 2.54. The Labute approximate surface area is 179 Å². The number of hydrogen-bond donors (Lipinski definition) is 1. The lowest BCUT2D eigenvalue weighted by molar-refractivity contribution is -0.139. The molecule has 2 aromatic heterocycles. The van der Waals surface area contributed by atoms with E-state index in [9.17, 15) is 9.59 Å². The number of benzene rings is 1. The van der Waals surface area contributed by atoms with Crippen LogP contribution in [0, 0.1) is 0 Å². The summed E-state index contributed by atoms with van der Waals surface area (Å²) in [6.07, 6.45) is 4.97. The minimum Gasteiger partial charge on any atom is -0.497 e. The highest BCUT2D eigenvalue weighted by Crippen LogP contribution is 2.23. The summed E-state index contributed by atoms with van der Waals surface area (Å²) in [7, 11) is 1.58. The summed E-state index contributed by atoms with van der Waals surface area (Å²) in [5.74, 6) is 1.44. The molecule has 1 aromatic carbocycles. The fraction of sp³-hybridized carbons (Fsp3) is 0.318. The Kier molecular flexibility index (Phi) is 5.92. The van der Waals surface area contributed by atoms with Gasteiger partial charge in [-0.05, 0) is 18.6 Å². The fourth-order valence-electron chi connectivity index (χ4n) is 3.51. The van der Waals surface area contributed by atoms with E-state index in [1.165, 1.54) is 0 Å². The molecule has 9 nitrogen and oxygen atoms in total. The Hall–Kier alpha value is -3.75. The second-order valence-electron chi connectivity index (χ2n) is 7.13. The Balaban J connectivity index is 1.52. The first-order valence-electron chi connectivity index (χ1n) is 10.1. The largest absolute Gasteiger partial charge is 0.497 e. The van der Waals surface area contributed by atoms with Crippen LogP contribution in [0.2, 0.25) is 0 Å². The van der Waals surface area contributed by atoms with Crippen LogP contribution in [-0.2, 0) is 17.8 Å². The molecule has 9 heteroatoms. The summed E-state index contributed by atoms with van der Waals surface area (Å²) in [4.78, 5) is 43.0. The van der Waals surface area contributed by atoms with E-state index in [-0.39, 0.29) is 18.0 Å². The average molecular weight is 421 g/mol. The molecule has 1 unspecified atom stereocenters. The molecule has 0 bridgehead atoms. The molecule has 1 aliphatic rings. The van der Waals surface area contributed by atoms with E-state index in [1.807, 2.05) is 19.1 Å². The van der Waals surface area contributed by atoms with Crippen molar-refractivity contribution in [1.82, 2.24) is 24.8 Å². The summed E-state index contributed by atoms with van der Waals surface area (Å²) >= 11 is 0. The van der Waals surface area contributed by atoms with Gasteiger partial charge in [-0.1, -0.05) is 13.0 Å². The molecule has 1 atom stereocenters. The molecule has 1 aliphatic heterocycles. The van der Waals surface area contributed by atoms with Gasteiger partial charge in [0.2, 0.25) is 0 Å². The van der Waals surface area contributed by atoms with Crippen LogP contribution in [0.4, 0.5) is 0 Å². The first-order valence-corrected chi connectivity index (χ1v) is 10.1. The number of hydrogen-bond acceptors (Lipinski definition) is 7. The molecule has 0 radical (unpaired) electrons. The number of methoxy groups -OCH3 is 1. The van der Waals surface area contributed by atoms with Gasteiger partial charge in [-0.25, -0.2) is 9.97 Å². The summed E-state index contributed by atoms with van der Waals surface area (Å²) in [5.41, 5.74) is 1.39. The number of fused-ring (bicyclic) bond motifs is 1. The van der Waals surface area contributed by atoms with Crippen LogP contribution in [0.15, 0.2) is 47.7 Å². The van der Waals surface area contributed by atoms with Gasteiger partial charge in [-0.3, -0.25) is 14.6 Å². The molecule has 160 valence electrons. The summed E-state index contributed by atoms with van der Waals surface area (Å²) in [5, 5.41) is 0. The standard InChI is InChI=1S/C22H23N5O4/c1-3-19(31-15-6-4-5-14(11-15)30-2)22(29)27-10-7-17-16(13-27)21(28)26-20(25-17)18-12-23-8-9-24-18/h4-6,8-9,11-12,19H,3,7,10,13H2,1-2H3,(H,25,26,28). The smallest absolute Gasteiger partial charge is 0.263 e. The molecule has 1 N–H and O–H groups in total. The van der Waals surface area contributed by atoms with E-state index in [2.05, 4.69) is 19.9 Å². The van der Waals surface area contributed by atoms with Crippen molar-refractivity contribution in [3.63, 3.8) is 0 Å². The lowest BCUT2D eigenvalue weighted by atomic mass is 10.1. The average Bonchev–Trinajstić information content (AvgIpc) is 2.82. The highest BCUT2D eigenvalue weighted by Gasteiger charge is 2.30. The molecule has 4 rings (SSSR count). The third kappa shape index (κ3) is 4.40. The third-order valence-electron chi connectivity index (χ3n) is 5.15. The molecule has 31 heavy (non-hydrogen) atoms. The monoisotopic (exact) mass is 421 g/mol. The highest BCUT2D eigenvalue weighted by atomic mass is 16.5. The zero-order chi connectivity index (χ0) is 21.8. The number of carbonyl (C=O) groups is 1. The van der Waals surface area contributed by atoms with Gasteiger partial charge in [0.1, 0.15) is 17.2 Å². The maximum atomic E-state index is 13.1. The molecule has 0 saturated heterocycles. The van der Waals surface area contributed by atoms with Gasteiger partial charge in [0.05, 0.1) is 31.1 Å². The van der Waals surface area contributed by atoms with Gasteiger partial charge in [0.15, 0.2) is 11.9 Å². The maximum Gasteiger partial charge on any atom is 0.263 e. The normalized spacial score (nSPS) is 13.9. The third-order valence-corrected chi connectivity index (χ3v) is 5.15. The van der Waals surface area contributed by atoms with Crippen LogP contribution < -0.4 is 15.0 Å². The number of carbonyl (C=O) groups excluding carboxylic acids is 1. The van der Waals surface area contributed by atoms with E-state index >= 15 is 0 Å².